The van der Waals surface area contributed by atoms with Gasteiger partial charge in [-0.15, -0.1) is 0 Å². The van der Waals surface area contributed by atoms with Gasteiger partial charge < -0.3 is 14.4 Å². The van der Waals surface area contributed by atoms with Crippen molar-refractivity contribution < 1.29 is 28.3 Å². The van der Waals surface area contributed by atoms with E-state index in [4.69, 9.17) is 18.9 Å². The van der Waals surface area contributed by atoms with Gasteiger partial charge in [-0.05, 0) is 26.0 Å². The number of carbonyl (C=O) groups is 1. The fourth-order valence-corrected chi connectivity index (χ4v) is 2.92. The molecule has 1 aromatic rings. The zero-order chi connectivity index (χ0) is 15.0. The standard InChI is InChI=1S/C13H19O6P/c1-3-17-13(15)11(2)18-20(16,10-9-14)19-12-7-5-4-6-8-12/h4-8,11,14H,3,9-10H2,1-2H3/t11-,20?/m0/s1. The molecule has 0 aliphatic carbocycles. The average molecular weight is 302 g/mol. The van der Waals surface area contributed by atoms with Crippen LogP contribution in [0.15, 0.2) is 30.3 Å². The highest BCUT2D eigenvalue weighted by Gasteiger charge is 2.31. The van der Waals surface area contributed by atoms with Crippen LogP contribution in [-0.4, -0.2) is 36.6 Å². The van der Waals surface area contributed by atoms with E-state index in [1.54, 1.807) is 37.3 Å². The number of hydrogen-bond acceptors (Lipinski definition) is 6. The lowest BCUT2D eigenvalue weighted by Gasteiger charge is -2.21. The van der Waals surface area contributed by atoms with Gasteiger partial charge in [-0.2, -0.15) is 0 Å². The molecule has 0 radical (unpaired) electrons. The molecule has 0 heterocycles. The molecule has 1 rings (SSSR count). The van der Waals surface area contributed by atoms with Crippen LogP contribution in [0.25, 0.3) is 0 Å². The van der Waals surface area contributed by atoms with Gasteiger partial charge in [0, 0.05) is 0 Å². The average Bonchev–Trinajstić information content (AvgIpc) is 2.40. The summed E-state index contributed by atoms with van der Waals surface area (Å²) in [6, 6.07) is 8.44. The van der Waals surface area contributed by atoms with Crippen LogP contribution in [0.5, 0.6) is 5.75 Å². The lowest BCUT2D eigenvalue weighted by Crippen LogP contribution is -2.24. The number of ether oxygens (including phenoxy) is 1. The van der Waals surface area contributed by atoms with Crippen molar-refractivity contribution in [3.05, 3.63) is 30.3 Å². The van der Waals surface area contributed by atoms with Gasteiger partial charge in [0.2, 0.25) is 0 Å². The molecule has 0 spiro atoms. The summed E-state index contributed by atoms with van der Waals surface area (Å²) in [5.41, 5.74) is 0. The van der Waals surface area contributed by atoms with Crippen LogP contribution in [-0.2, 0) is 18.6 Å². The number of benzene rings is 1. The van der Waals surface area contributed by atoms with Crippen LogP contribution in [0.2, 0.25) is 0 Å². The Morgan fingerprint density at radius 2 is 2.00 bits per heavy atom. The fourth-order valence-electron chi connectivity index (χ4n) is 1.43. The topological polar surface area (TPSA) is 82.1 Å². The summed E-state index contributed by atoms with van der Waals surface area (Å²) >= 11 is 0. The molecule has 0 saturated heterocycles. The van der Waals surface area contributed by atoms with E-state index >= 15 is 0 Å². The number of rotatable bonds is 8. The van der Waals surface area contributed by atoms with E-state index in [2.05, 4.69) is 0 Å². The van der Waals surface area contributed by atoms with Gasteiger partial charge in [0.1, 0.15) is 5.75 Å². The molecule has 6 nitrogen and oxygen atoms in total. The molecule has 7 heteroatoms. The van der Waals surface area contributed by atoms with E-state index in [1.807, 2.05) is 0 Å². The van der Waals surface area contributed by atoms with Gasteiger partial charge in [0.25, 0.3) is 0 Å². The molecule has 0 bridgehead atoms. The smallest absolute Gasteiger partial charge is 0.382 e. The molecule has 1 unspecified atom stereocenters. The van der Waals surface area contributed by atoms with E-state index in [0.29, 0.717) is 5.75 Å². The van der Waals surface area contributed by atoms with Gasteiger partial charge in [0.05, 0.1) is 19.4 Å². The first-order chi connectivity index (χ1) is 9.50. The van der Waals surface area contributed by atoms with Crippen molar-refractivity contribution >= 4 is 13.6 Å². The Bertz CT molecular complexity index is 461. The summed E-state index contributed by atoms with van der Waals surface area (Å²) in [6.07, 6.45) is -1.23. The molecule has 0 amide bonds. The zero-order valence-corrected chi connectivity index (χ0v) is 12.4. The van der Waals surface area contributed by atoms with Crippen LogP contribution in [0.3, 0.4) is 0 Å². The molecule has 20 heavy (non-hydrogen) atoms. The number of esters is 1. The van der Waals surface area contributed by atoms with E-state index in [-0.39, 0.29) is 19.4 Å². The molecule has 1 aromatic carbocycles. The third-order valence-electron chi connectivity index (χ3n) is 2.30. The van der Waals surface area contributed by atoms with Crippen molar-refractivity contribution in [1.29, 1.82) is 0 Å². The quantitative estimate of drug-likeness (QED) is 0.585. The molecule has 0 saturated carbocycles. The van der Waals surface area contributed by atoms with Crippen molar-refractivity contribution in [3.8, 4) is 5.75 Å². The third kappa shape index (κ3) is 5.33. The second-order valence-electron chi connectivity index (χ2n) is 3.96. The maximum absolute atomic E-state index is 12.5. The van der Waals surface area contributed by atoms with E-state index in [1.165, 1.54) is 6.92 Å². The minimum absolute atomic E-state index is 0.203. The van der Waals surface area contributed by atoms with Gasteiger partial charge in [-0.25, -0.2) is 9.36 Å². The summed E-state index contributed by atoms with van der Waals surface area (Å²) in [6.45, 7) is 2.92. The lowest BCUT2D eigenvalue weighted by atomic mass is 10.3. The summed E-state index contributed by atoms with van der Waals surface area (Å²) in [7, 11) is -3.63. The lowest BCUT2D eigenvalue weighted by molar-refractivity contribution is -0.150. The van der Waals surface area contributed by atoms with Crippen molar-refractivity contribution in [1.82, 2.24) is 0 Å². The van der Waals surface area contributed by atoms with E-state index in [0.717, 1.165) is 0 Å². The van der Waals surface area contributed by atoms with Gasteiger partial charge >= 0.3 is 13.6 Å². The Morgan fingerprint density at radius 1 is 1.35 bits per heavy atom. The number of hydrogen-bond donors (Lipinski definition) is 1. The molecule has 112 valence electrons. The first-order valence-corrected chi connectivity index (χ1v) is 8.03. The summed E-state index contributed by atoms with van der Waals surface area (Å²) in [4.78, 5) is 11.5. The molecule has 1 N–H and O–H groups in total. The zero-order valence-electron chi connectivity index (χ0n) is 11.5. The Labute approximate surface area is 118 Å². The van der Waals surface area contributed by atoms with Crippen molar-refractivity contribution in [3.63, 3.8) is 0 Å². The second kappa shape index (κ2) is 8.04. The number of para-hydroxylation sites is 1. The molecule has 0 aromatic heterocycles. The van der Waals surface area contributed by atoms with Crippen LogP contribution in [0.1, 0.15) is 13.8 Å². The first-order valence-electron chi connectivity index (χ1n) is 6.30. The van der Waals surface area contributed by atoms with Gasteiger partial charge in [0.15, 0.2) is 6.10 Å². The molecule has 2 atom stereocenters. The van der Waals surface area contributed by atoms with Crippen LogP contribution in [0.4, 0.5) is 0 Å². The predicted molar refractivity (Wildman–Crippen MR) is 73.8 cm³/mol. The minimum atomic E-state index is -3.63. The highest BCUT2D eigenvalue weighted by atomic mass is 31.2. The van der Waals surface area contributed by atoms with Crippen LogP contribution >= 0.6 is 7.60 Å². The number of carbonyl (C=O) groups excluding carboxylic acids is 1. The Hall–Kier alpha value is -1.36. The van der Waals surface area contributed by atoms with Gasteiger partial charge in [-0.1, -0.05) is 18.2 Å². The van der Waals surface area contributed by atoms with E-state index < -0.39 is 19.7 Å². The fraction of sp³-hybridized carbons (Fsp3) is 0.462. The van der Waals surface area contributed by atoms with Crippen molar-refractivity contribution in [2.45, 2.75) is 20.0 Å². The Morgan fingerprint density at radius 3 is 2.55 bits per heavy atom. The highest BCUT2D eigenvalue weighted by molar-refractivity contribution is 7.54. The maximum atomic E-state index is 12.5. The van der Waals surface area contributed by atoms with Crippen molar-refractivity contribution in [2.24, 2.45) is 0 Å². The molecule has 0 fully saturated rings. The molecular formula is C13H19O6P. The third-order valence-corrected chi connectivity index (χ3v) is 4.17. The Balaban J connectivity index is 2.76. The molecule has 0 aliphatic heterocycles. The summed E-state index contributed by atoms with van der Waals surface area (Å²) in [5.74, 6) is -0.275. The molecular weight excluding hydrogens is 283 g/mol. The number of aliphatic hydroxyl groups excluding tert-OH is 1. The highest BCUT2D eigenvalue weighted by Crippen LogP contribution is 2.49. The number of aliphatic hydroxyl groups is 1. The summed E-state index contributed by atoms with van der Waals surface area (Å²) < 4.78 is 27.8. The Kier molecular flexibility index (Phi) is 6.71. The van der Waals surface area contributed by atoms with Crippen LogP contribution in [0, 0.1) is 0 Å². The minimum Gasteiger partial charge on any atom is -0.464 e. The molecule has 0 aliphatic rings. The van der Waals surface area contributed by atoms with E-state index in [9.17, 15) is 9.36 Å². The predicted octanol–water partition coefficient (Wildman–Crippen LogP) is 2.22. The maximum Gasteiger partial charge on any atom is 0.382 e. The normalized spacial score (nSPS) is 15.2. The van der Waals surface area contributed by atoms with Crippen LogP contribution < -0.4 is 4.52 Å². The monoisotopic (exact) mass is 302 g/mol. The summed E-state index contributed by atoms with van der Waals surface area (Å²) in [5, 5.41) is 8.99. The first kappa shape index (κ1) is 16.7. The largest absolute Gasteiger partial charge is 0.464 e. The van der Waals surface area contributed by atoms with Crippen molar-refractivity contribution in [2.75, 3.05) is 19.4 Å². The second-order valence-corrected chi connectivity index (χ2v) is 6.02. The van der Waals surface area contributed by atoms with Gasteiger partial charge in [-0.3, -0.25) is 4.52 Å². The SMILES string of the molecule is CCOC(=O)[C@H](C)OP(=O)(CCO)Oc1ccccc1.